The minimum atomic E-state index is -1.11. The Hall–Kier alpha value is -2.44. The number of aliphatic carboxylic acids is 1. The van der Waals surface area contributed by atoms with Crippen molar-refractivity contribution < 1.29 is 23.9 Å². The van der Waals surface area contributed by atoms with Gasteiger partial charge in [-0.15, -0.1) is 0 Å². The van der Waals surface area contributed by atoms with Gasteiger partial charge >= 0.3 is 5.97 Å². The summed E-state index contributed by atoms with van der Waals surface area (Å²) in [6.45, 7) is 0.916. The number of amides is 2. The normalized spacial score (nSPS) is 27.4. The molecule has 0 bridgehead atoms. The Balaban J connectivity index is 1.46. The van der Waals surface area contributed by atoms with E-state index >= 15 is 0 Å². The van der Waals surface area contributed by atoms with Crippen molar-refractivity contribution in [1.82, 2.24) is 9.80 Å². The molecule has 6 nitrogen and oxygen atoms in total. The lowest BCUT2D eigenvalue weighted by atomic mass is 9.81. The second kappa shape index (κ2) is 6.62. The molecule has 2 atom stereocenters. The molecule has 2 aliphatic heterocycles. The minimum absolute atomic E-state index is 0.0356. The van der Waals surface area contributed by atoms with Gasteiger partial charge in [-0.05, 0) is 24.5 Å². The van der Waals surface area contributed by atoms with Crippen LogP contribution in [0.15, 0.2) is 24.3 Å². The highest BCUT2D eigenvalue weighted by Crippen LogP contribution is 2.44. The summed E-state index contributed by atoms with van der Waals surface area (Å²) >= 11 is 0. The molecule has 1 aromatic rings. The third-order valence-corrected chi connectivity index (χ3v) is 6.45. The van der Waals surface area contributed by atoms with Crippen molar-refractivity contribution in [2.24, 2.45) is 17.3 Å². The van der Waals surface area contributed by atoms with Crippen LogP contribution >= 0.6 is 0 Å². The lowest BCUT2D eigenvalue weighted by Crippen LogP contribution is -2.45. The summed E-state index contributed by atoms with van der Waals surface area (Å²) in [5, 5.41) is 9.88. The van der Waals surface area contributed by atoms with Crippen LogP contribution in [0.5, 0.6) is 0 Å². The SMILES string of the molecule is O=C(Cc1ccccc1F)N1C[C@H]2CN(C(=O)C3CCC3)C[C@@]2(C(=O)O)C1. The first-order valence-electron chi connectivity index (χ1n) is 9.44. The van der Waals surface area contributed by atoms with Gasteiger partial charge in [-0.25, -0.2) is 4.39 Å². The maximum Gasteiger partial charge on any atom is 0.313 e. The largest absolute Gasteiger partial charge is 0.481 e. The predicted molar refractivity (Wildman–Crippen MR) is 94.2 cm³/mol. The molecule has 144 valence electrons. The molecule has 7 heteroatoms. The molecule has 0 radical (unpaired) electrons. The Morgan fingerprint density at radius 3 is 2.37 bits per heavy atom. The summed E-state index contributed by atoms with van der Waals surface area (Å²) in [7, 11) is 0. The van der Waals surface area contributed by atoms with Gasteiger partial charge in [-0.2, -0.15) is 0 Å². The molecule has 0 aromatic heterocycles. The van der Waals surface area contributed by atoms with Gasteiger partial charge in [0.05, 0.1) is 6.42 Å². The summed E-state index contributed by atoms with van der Waals surface area (Å²) in [6.07, 6.45) is 2.73. The average molecular weight is 374 g/mol. The number of rotatable bonds is 4. The first kappa shape index (κ1) is 17.9. The van der Waals surface area contributed by atoms with E-state index in [1.54, 1.807) is 23.1 Å². The molecule has 1 saturated carbocycles. The highest BCUT2D eigenvalue weighted by molar-refractivity contribution is 5.85. The van der Waals surface area contributed by atoms with Gasteiger partial charge in [0.1, 0.15) is 11.2 Å². The zero-order valence-corrected chi connectivity index (χ0v) is 15.1. The van der Waals surface area contributed by atoms with Gasteiger partial charge in [0, 0.05) is 38.0 Å². The molecular formula is C20H23FN2O4. The molecule has 2 saturated heterocycles. The van der Waals surface area contributed by atoms with Crippen molar-refractivity contribution in [2.45, 2.75) is 25.7 Å². The van der Waals surface area contributed by atoms with E-state index in [1.165, 1.54) is 11.0 Å². The van der Waals surface area contributed by atoms with Crippen LogP contribution in [-0.2, 0) is 20.8 Å². The van der Waals surface area contributed by atoms with Crippen molar-refractivity contribution in [3.63, 3.8) is 0 Å². The van der Waals surface area contributed by atoms with Crippen LogP contribution in [0.3, 0.4) is 0 Å². The zero-order valence-electron chi connectivity index (χ0n) is 15.1. The standard InChI is InChI=1S/C20H23FN2O4/c21-16-7-2-1-4-14(16)8-17(24)22-9-15-10-23(18(25)13-5-3-6-13)12-20(15,11-22)19(26)27/h1-2,4,7,13,15H,3,5-6,8-12H2,(H,26,27)/t15-,20-/m0/s1. The molecule has 27 heavy (non-hydrogen) atoms. The van der Waals surface area contributed by atoms with Crippen LogP contribution in [0.4, 0.5) is 4.39 Å². The van der Waals surface area contributed by atoms with Crippen molar-refractivity contribution in [3.05, 3.63) is 35.6 Å². The van der Waals surface area contributed by atoms with E-state index in [9.17, 15) is 23.9 Å². The summed E-state index contributed by atoms with van der Waals surface area (Å²) in [5.41, 5.74) is -0.796. The van der Waals surface area contributed by atoms with Gasteiger partial charge in [0.2, 0.25) is 11.8 Å². The Morgan fingerprint density at radius 2 is 1.78 bits per heavy atom. The number of benzene rings is 1. The van der Waals surface area contributed by atoms with E-state index in [2.05, 4.69) is 0 Å². The van der Waals surface area contributed by atoms with Gasteiger partial charge in [0.15, 0.2) is 0 Å². The fourth-order valence-electron chi connectivity index (χ4n) is 4.56. The monoisotopic (exact) mass is 374 g/mol. The third kappa shape index (κ3) is 2.99. The van der Waals surface area contributed by atoms with E-state index in [0.717, 1.165) is 19.3 Å². The van der Waals surface area contributed by atoms with Crippen LogP contribution in [0.25, 0.3) is 0 Å². The lowest BCUT2D eigenvalue weighted by molar-refractivity contribution is -0.149. The number of fused-ring (bicyclic) bond motifs is 1. The number of carboxylic acids is 1. The minimum Gasteiger partial charge on any atom is -0.481 e. The Kier molecular flexibility index (Phi) is 4.40. The van der Waals surface area contributed by atoms with Crippen LogP contribution in [0.2, 0.25) is 0 Å². The molecule has 0 unspecified atom stereocenters. The van der Waals surface area contributed by atoms with Crippen molar-refractivity contribution in [2.75, 3.05) is 26.2 Å². The summed E-state index contributed by atoms with van der Waals surface area (Å²) < 4.78 is 13.8. The quantitative estimate of drug-likeness (QED) is 0.867. The number of carbonyl (C=O) groups excluding carboxylic acids is 2. The number of hydrogen-bond acceptors (Lipinski definition) is 3. The second-order valence-corrected chi connectivity index (χ2v) is 8.05. The summed E-state index contributed by atoms with van der Waals surface area (Å²) in [6, 6.07) is 6.11. The molecule has 2 amide bonds. The Bertz CT molecular complexity index is 794. The van der Waals surface area contributed by atoms with Crippen molar-refractivity contribution in [3.8, 4) is 0 Å². The average Bonchev–Trinajstić information content (AvgIpc) is 3.11. The highest BCUT2D eigenvalue weighted by Gasteiger charge is 2.59. The number of nitrogens with zero attached hydrogens (tertiary/aromatic N) is 2. The van der Waals surface area contributed by atoms with Crippen molar-refractivity contribution >= 4 is 17.8 Å². The third-order valence-electron chi connectivity index (χ3n) is 6.45. The molecule has 0 spiro atoms. The zero-order chi connectivity index (χ0) is 19.2. The van der Waals surface area contributed by atoms with Crippen molar-refractivity contribution in [1.29, 1.82) is 0 Å². The molecule has 2 heterocycles. The molecule has 1 N–H and O–H groups in total. The van der Waals surface area contributed by atoms with E-state index in [4.69, 9.17) is 0 Å². The van der Waals surface area contributed by atoms with Gasteiger partial charge in [-0.3, -0.25) is 14.4 Å². The van der Waals surface area contributed by atoms with Crippen LogP contribution in [0, 0.1) is 23.1 Å². The van der Waals surface area contributed by atoms with Gasteiger partial charge in [0.25, 0.3) is 0 Å². The number of likely N-dealkylation sites (tertiary alicyclic amines) is 2. The maximum atomic E-state index is 13.8. The van der Waals surface area contributed by atoms with Crippen LogP contribution in [-0.4, -0.2) is 58.9 Å². The molecular weight excluding hydrogens is 351 g/mol. The smallest absolute Gasteiger partial charge is 0.313 e. The Morgan fingerprint density at radius 1 is 1.11 bits per heavy atom. The lowest BCUT2D eigenvalue weighted by Gasteiger charge is -2.31. The Labute approximate surface area is 156 Å². The van der Waals surface area contributed by atoms with Gasteiger partial charge in [-0.1, -0.05) is 24.6 Å². The molecule has 1 aromatic carbocycles. The van der Waals surface area contributed by atoms with Gasteiger partial charge < -0.3 is 14.9 Å². The fraction of sp³-hybridized carbons (Fsp3) is 0.550. The molecule has 1 aliphatic carbocycles. The molecule has 4 rings (SSSR count). The van der Waals surface area contributed by atoms with Crippen LogP contribution in [0.1, 0.15) is 24.8 Å². The summed E-state index contributed by atoms with van der Waals surface area (Å²) in [4.78, 5) is 40.4. The van der Waals surface area contributed by atoms with E-state index in [0.29, 0.717) is 18.7 Å². The molecule has 3 aliphatic rings. The number of halogens is 1. The second-order valence-electron chi connectivity index (χ2n) is 8.05. The maximum absolute atomic E-state index is 13.8. The first-order valence-corrected chi connectivity index (χ1v) is 9.44. The van der Waals surface area contributed by atoms with E-state index < -0.39 is 17.2 Å². The van der Waals surface area contributed by atoms with Crippen LogP contribution < -0.4 is 0 Å². The topological polar surface area (TPSA) is 77.9 Å². The van der Waals surface area contributed by atoms with E-state index in [1.807, 2.05) is 0 Å². The first-order chi connectivity index (χ1) is 12.9. The molecule has 3 fully saturated rings. The number of carbonyl (C=O) groups is 3. The van der Waals surface area contributed by atoms with E-state index in [-0.39, 0.29) is 43.2 Å². The number of hydrogen-bond donors (Lipinski definition) is 1. The summed E-state index contributed by atoms with van der Waals surface area (Å²) in [5.74, 6) is -1.85. The highest BCUT2D eigenvalue weighted by atomic mass is 19.1. The fourth-order valence-corrected chi connectivity index (χ4v) is 4.56. The predicted octanol–water partition coefficient (Wildman–Crippen LogP) is 1.54. The number of carboxylic acid groups (broad SMARTS) is 1.